The monoisotopic (exact) mass is 436 g/mol. The number of para-hydroxylation sites is 1. The molecule has 0 radical (unpaired) electrons. The van der Waals surface area contributed by atoms with Crippen LogP contribution in [-0.2, 0) is 24.4 Å². The van der Waals surface area contributed by atoms with Crippen molar-refractivity contribution in [3.05, 3.63) is 65.2 Å². The van der Waals surface area contributed by atoms with Crippen molar-refractivity contribution in [2.75, 3.05) is 33.4 Å². The molecular formula is C22H27F3N4O2. The van der Waals surface area contributed by atoms with Crippen LogP contribution in [0.15, 0.2) is 53.5 Å². The molecule has 3 rings (SSSR count). The molecule has 2 aromatic rings. The van der Waals surface area contributed by atoms with Crippen LogP contribution in [0.3, 0.4) is 0 Å². The number of hydrogen-bond donors (Lipinski definition) is 2. The summed E-state index contributed by atoms with van der Waals surface area (Å²) in [4.78, 5) is 6.49. The lowest BCUT2D eigenvalue weighted by atomic mass is 10.1. The number of nitrogens with zero attached hydrogens (tertiary/aromatic N) is 2. The van der Waals surface area contributed by atoms with E-state index in [0.29, 0.717) is 18.1 Å². The Balaban J connectivity index is 1.48. The van der Waals surface area contributed by atoms with Gasteiger partial charge in [-0.3, -0.25) is 9.89 Å². The van der Waals surface area contributed by atoms with Crippen LogP contribution < -0.4 is 15.4 Å². The molecule has 0 atom stereocenters. The van der Waals surface area contributed by atoms with E-state index in [4.69, 9.17) is 4.74 Å². The highest BCUT2D eigenvalue weighted by Gasteiger charge is 2.31. The largest absolute Gasteiger partial charge is 0.573 e. The highest BCUT2D eigenvalue weighted by atomic mass is 19.4. The van der Waals surface area contributed by atoms with E-state index < -0.39 is 6.36 Å². The molecule has 0 bridgehead atoms. The third-order valence-electron chi connectivity index (χ3n) is 4.86. The molecule has 9 heteroatoms. The Bertz CT molecular complexity index is 851. The van der Waals surface area contributed by atoms with Gasteiger partial charge in [-0.05, 0) is 17.2 Å². The molecule has 1 fully saturated rings. The Hall–Kier alpha value is -2.78. The summed E-state index contributed by atoms with van der Waals surface area (Å²) in [6.07, 6.45) is -4.73. The summed E-state index contributed by atoms with van der Waals surface area (Å²) in [7, 11) is 1.61. The van der Waals surface area contributed by atoms with Crippen molar-refractivity contribution >= 4 is 5.96 Å². The highest BCUT2D eigenvalue weighted by Crippen LogP contribution is 2.26. The average Bonchev–Trinajstić information content (AvgIpc) is 2.75. The van der Waals surface area contributed by atoms with Gasteiger partial charge in [0.15, 0.2) is 5.96 Å². The molecule has 2 N–H and O–H groups in total. The number of alkyl halides is 3. The molecule has 0 spiro atoms. The predicted octanol–water partition coefficient (Wildman–Crippen LogP) is 3.28. The van der Waals surface area contributed by atoms with E-state index in [1.807, 2.05) is 0 Å². The van der Waals surface area contributed by atoms with Crippen molar-refractivity contribution in [3.63, 3.8) is 0 Å². The minimum atomic E-state index is -4.73. The van der Waals surface area contributed by atoms with E-state index >= 15 is 0 Å². The molecular weight excluding hydrogens is 409 g/mol. The topological polar surface area (TPSA) is 58.1 Å². The number of ether oxygens (including phenoxy) is 2. The Morgan fingerprint density at radius 3 is 2.32 bits per heavy atom. The van der Waals surface area contributed by atoms with Crippen molar-refractivity contribution in [1.82, 2.24) is 15.5 Å². The van der Waals surface area contributed by atoms with Gasteiger partial charge in [-0.1, -0.05) is 42.5 Å². The predicted molar refractivity (Wildman–Crippen MR) is 113 cm³/mol. The average molecular weight is 436 g/mol. The van der Waals surface area contributed by atoms with Crippen LogP contribution in [0.2, 0.25) is 0 Å². The second-order valence-electron chi connectivity index (χ2n) is 7.14. The molecule has 0 amide bonds. The van der Waals surface area contributed by atoms with Crippen LogP contribution in [0.1, 0.15) is 16.7 Å². The van der Waals surface area contributed by atoms with Crippen molar-refractivity contribution in [3.8, 4) is 5.75 Å². The number of halogens is 3. The van der Waals surface area contributed by atoms with Crippen LogP contribution in [0.25, 0.3) is 0 Å². The second kappa shape index (κ2) is 11.0. The molecule has 0 unspecified atom stereocenters. The summed E-state index contributed by atoms with van der Waals surface area (Å²) >= 11 is 0. The number of aliphatic imine (C=N–C) groups is 1. The fourth-order valence-electron chi connectivity index (χ4n) is 3.24. The molecule has 0 aromatic heterocycles. The number of morpholine rings is 1. The minimum Gasteiger partial charge on any atom is -0.405 e. The molecule has 1 saturated heterocycles. The Morgan fingerprint density at radius 2 is 1.65 bits per heavy atom. The van der Waals surface area contributed by atoms with E-state index in [2.05, 4.69) is 49.5 Å². The van der Waals surface area contributed by atoms with Gasteiger partial charge in [0, 0.05) is 45.3 Å². The number of guanidine groups is 1. The van der Waals surface area contributed by atoms with Crippen LogP contribution in [0.5, 0.6) is 5.75 Å². The number of hydrogen-bond acceptors (Lipinski definition) is 4. The summed E-state index contributed by atoms with van der Waals surface area (Å²) in [5.41, 5.74) is 2.71. The zero-order chi connectivity index (χ0) is 22.1. The van der Waals surface area contributed by atoms with Gasteiger partial charge in [0.2, 0.25) is 0 Å². The molecule has 0 saturated carbocycles. The maximum absolute atomic E-state index is 12.6. The summed E-state index contributed by atoms with van der Waals surface area (Å²) in [5, 5.41) is 6.19. The summed E-state index contributed by atoms with van der Waals surface area (Å²) < 4.78 is 47.2. The SMILES string of the molecule is CN=C(NCc1ccc(CN2CCOCC2)cc1)NCc1ccccc1OC(F)(F)F. The zero-order valence-corrected chi connectivity index (χ0v) is 17.4. The van der Waals surface area contributed by atoms with Gasteiger partial charge in [0.05, 0.1) is 13.2 Å². The number of rotatable bonds is 7. The molecule has 1 aliphatic rings. The first kappa shape index (κ1) is 22.9. The van der Waals surface area contributed by atoms with Gasteiger partial charge in [0.25, 0.3) is 0 Å². The van der Waals surface area contributed by atoms with Crippen molar-refractivity contribution in [2.45, 2.75) is 26.0 Å². The van der Waals surface area contributed by atoms with Crippen LogP contribution in [0, 0.1) is 0 Å². The summed E-state index contributed by atoms with van der Waals surface area (Å²) in [5.74, 6) is 0.257. The van der Waals surface area contributed by atoms with Crippen molar-refractivity contribution in [2.24, 2.45) is 4.99 Å². The maximum Gasteiger partial charge on any atom is 0.573 e. The minimum absolute atomic E-state index is 0.143. The number of benzene rings is 2. The molecule has 168 valence electrons. The Labute approximate surface area is 180 Å². The van der Waals surface area contributed by atoms with E-state index in [1.54, 1.807) is 19.2 Å². The quantitative estimate of drug-likeness (QED) is 0.515. The van der Waals surface area contributed by atoms with Gasteiger partial charge in [-0.15, -0.1) is 13.2 Å². The second-order valence-corrected chi connectivity index (χ2v) is 7.14. The van der Waals surface area contributed by atoms with Crippen molar-refractivity contribution in [1.29, 1.82) is 0 Å². The highest BCUT2D eigenvalue weighted by molar-refractivity contribution is 5.79. The van der Waals surface area contributed by atoms with E-state index in [0.717, 1.165) is 38.4 Å². The molecule has 6 nitrogen and oxygen atoms in total. The number of nitrogens with one attached hydrogen (secondary N) is 2. The van der Waals surface area contributed by atoms with E-state index in [-0.39, 0.29) is 12.3 Å². The van der Waals surface area contributed by atoms with Gasteiger partial charge >= 0.3 is 6.36 Å². The maximum atomic E-state index is 12.6. The fourth-order valence-corrected chi connectivity index (χ4v) is 3.24. The first-order valence-corrected chi connectivity index (χ1v) is 10.1. The lowest BCUT2D eigenvalue weighted by Gasteiger charge is -2.26. The van der Waals surface area contributed by atoms with Crippen molar-refractivity contribution < 1.29 is 22.6 Å². The molecule has 0 aliphatic carbocycles. The van der Waals surface area contributed by atoms with E-state index in [9.17, 15) is 13.2 Å². The molecule has 1 heterocycles. The normalized spacial score (nSPS) is 15.5. The van der Waals surface area contributed by atoms with Crippen LogP contribution >= 0.6 is 0 Å². The molecule has 31 heavy (non-hydrogen) atoms. The van der Waals surface area contributed by atoms with Crippen LogP contribution in [-0.4, -0.2) is 50.6 Å². The smallest absolute Gasteiger partial charge is 0.405 e. The lowest BCUT2D eigenvalue weighted by molar-refractivity contribution is -0.274. The van der Waals surface area contributed by atoms with E-state index in [1.165, 1.54) is 17.7 Å². The Kier molecular flexibility index (Phi) is 8.13. The summed E-state index contributed by atoms with van der Waals surface area (Å²) in [6, 6.07) is 14.4. The third kappa shape index (κ3) is 7.76. The first-order chi connectivity index (χ1) is 14.9. The van der Waals surface area contributed by atoms with Gasteiger partial charge in [-0.25, -0.2) is 0 Å². The first-order valence-electron chi connectivity index (χ1n) is 10.1. The van der Waals surface area contributed by atoms with Crippen LogP contribution in [0.4, 0.5) is 13.2 Å². The standard InChI is InChI=1S/C22H27F3N4O2/c1-26-21(28-15-19-4-2-3-5-20(19)31-22(23,24)25)27-14-17-6-8-18(9-7-17)16-29-10-12-30-13-11-29/h2-9H,10-16H2,1H3,(H2,26,27,28). The lowest BCUT2D eigenvalue weighted by Crippen LogP contribution is -2.36. The molecule has 2 aromatic carbocycles. The van der Waals surface area contributed by atoms with Gasteiger partial charge in [-0.2, -0.15) is 0 Å². The zero-order valence-electron chi connectivity index (χ0n) is 17.4. The van der Waals surface area contributed by atoms with Gasteiger partial charge in [0.1, 0.15) is 5.75 Å². The Morgan fingerprint density at radius 1 is 1.00 bits per heavy atom. The molecule has 1 aliphatic heterocycles. The summed E-state index contributed by atoms with van der Waals surface area (Å²) in [6.45, 7) is 5.04. The fraction of sp³-hybridized carbons (Fsp3) is 0.409. The third-order valence-corrected chi connectivity index (χ3v) is 4.86. The van der Waals surface area contributed by atoms with Gasteiger partial charge < -0.3 is 20.1 Å².